The SMILES string of the molecule is CC1CCC(CC(CBr)(CBr)c2ccccc2F)O1. The van der Waals surface area contributed by atoms with Crippen LogP contribution in [0.3, 0.4) is 0 Å². The van der Waals surface area contributed by atoms with Crippen LogP contribution in [-0.4, -0.2) is 22.9 Å². The third-order valence-electron chi connectivity index (χ3n) is 3.90. The van der Waals surface area contributed by atoms with Crippen molar-refractivity contribution >= 4 is 31.9 Å². The maximum atomic E-state index is 14.1. The molecular formula is C15H19Br2FO. The molecule has 0 aliphatic carbocycles. The lowest BCUT2D eigenvalue weighted by atomic mass is 9.79. The topological polar surface area (TPSA) is 9.23 Å². The fourth-order valence-corrected chi connectivity index (χ4v) is 4.75. The van der Waals surface area contributed by atoms with Crippen molar-refractivity contribution in [1.82, 2.24) is 0 Å². The molecule has 1 aromatic rings. The molecule has 1 aromatic carbocycles. The van der Waals surface area contributed by atoms with Crippen molar-refractivity contribution in [3.63, 3.8) is 0 Å². The first-order valence-electron chi connectivity index (χ1n) is 6.64. The van der Waals surface area contributed by atoms with Crippen LogP contribution in [0, 0.1) is 5.82 Å². The molecule has 4 heteroatoms. The van der Waals surface area contributed by atoms with Gasteiger partial charge in [-0.15, -0.1) is 0 Å². The average molecular weight is 394 g/mol. The molecule has 1 fully saturated rings. The first-order chi connectivity index (χ1) is 9.11. The summed E-state index contributed by atoms with van der Waals surface area (Å²) in [5.41, 5.74) is 0.520. The minimum absolute atomic E-state index is 0.132. The number of ether oxygens (including phenoxy) is 1. The first-order valence-corrected chi connectivity index (χ1v) is 8.88. The predicted octanol–water partition coefficient (Wildman–Crippen LogP) is 4.81. The fraction of sp³-hybridized carbons (Fsp3) is 0.600. The molecule has 1 aliphatic rings. The number of alkyl halides is 2. The van der Waals surface area contributed by atoms with Gasteiger partial charge >= 0.3 is 0 Å². The highest BCUT2D eigenvalue weighted by Gasteiger charge is 2.37. The van der Waals surface area contributed by atoms with Crippen molar-refractivity contribution in [3.8, 4) is 0 Å². The maximum absolute atomic E-state index is 14.1. The van der Waals surface area contributed by atoms with E-state index in [1.807, 2.05) is 12.1 Å². The molecule has 0 bridgehead atoms. The van der Waals surface area contributed by atoms with E-state index in [-0.39, 0.29) is 17.3 Å². The zero-order chi connectivity index (χ0) is 13.9. The van der Waals surface area contributed by atoms with Crippen LogP contribution < -0.4 is 0 Å². The number of rotatable bonds is 5. The molecule has 1 heterocycles. The zero-order valence-corrected chi connectivity index (χ0v) is 14.2. The molecule has 0 N–H and O–H groups in total. The van der Waals surface area contributed by atoms with Gasteiger partial charge in [0.2, 0.25) is 0 Å². The summed E-state index contributed by atoms with van der Waals surface area (Å²) in [6.45, 7) is 2.10. The van der Waals surface area contributed by atoms with E-state index in [4.69, 9.17) is 4.74 Å². The van der Waals surface area contributed by atoms with Crippen LogP contribution in [0.1, 0.15) is 31.7 Å². The van der Waals surface area contributed by atoms with Gasteiger partial charge in [-0.2, -0.15) is 0 Å². The highest BCUT2D eigenvalue weighted by Crippen LogP contribution is 2.38. The average Bonchev–Trinajstić information content (AvgIpc) is 2.82. The van der Waals surface area contributed by atoms with Gasteiger partial charge in [-0.25, -0.2) is 4.39 Å². The van der Waals surface area contributed by atoms with Gasteiger partial charge in [0.15, 0.2) is 0 Å². The molecule has 0 aromatic heterocycles. The number of benzene rings is 1. The maximum Gasteiger partial charge on any atom is 0.127 e. The third kappa shape index (κ3) is 3.40. The van der Waals surface area contributed by atoms with Crippen molar-refractivity contribution < 1.29 is 9.13 Å². The van der Waals surface area contributed by atoms with E-state index in [1.165, 1.54) is 6.07 Å². The van der Waals surface area contributed by atoms with Crippen LogP contribution in [0.4, 0.5) is 4.39 Å². The third-order valence-corrected chi connectivity index (χ3v) is 6.04. The highest BCUT2D eigenvalue weighted by atomic mass is 79.9. The van der Waals surface area contributed by atoms with Crippen LogP contribution in [0.15, 0.2) is 24.3 Å². The van der Waals surface area contributed by atoms with Gasteiger partial charge in [-0.1, -0.05) is 50.1 Å². The molecule has 1 nitrogen and oxygen atoms in total. The van der Waals surface area contributed by atoms with Crippen molar-refractivity contribution in [2.45, 2.75) is 43.8 Å². The summed E-state index contributed by atoms with van der Waals surface area (Å²) in [7, 11) is 0. The molecule has 0 spiro atoms. The highest BCUT2D eigenvalue weighted by molar-refractivity contribution is 9.09. The summed E-state index contributed by atoms with van der Waals surface area (Å²) in [5.74, 6) is -0.132. The molecule has 2 unspecified atom stereocenters. The van der Waals surface area contributed by atoms with Gasteiger partial charge in [-0.05, 0) is 37.8 Å². The standard InChI is InChI=1S/C15H19Br2FO/c1-11-6-7-12(19-11)8-15(9-16,10-17)13-4-2-3-5-14(13)18/h2-5,11-12H,6-10H2,1H3. The van der Waals surface area contributed by atoms with E-state index in [2.05, 4.69) is 38.8 Å². The Balaban J connectivity index is 2.25. The van der Waals surface area contributed by atoms with E-state index in [0.717, 1.165) is 35.5 Å². The van der Waals surface area contributed by atoms with Gasteiger partial charge < -0.3 is 4.74 Å². The molecule has 1 saturated heterocycles. The van der Waals surface area contributed by atoms with E-state index >= 15 is 0 Å². The van der Waals surface area contributed by atoms with Crippen molar-refractivity contribution in [2.24, 2.45) is 0 Å². The number of hydrogen-bond donors (Lipinski definition) is 0. The summed E-state index contributed by atoms with van der Waals surface area (Å²) in [6, 6.07) is 7.06. The normalized spacial score (nSPS) is 23.8. The Bertz CT molecular complexity index is 420. The van der Waals surface area contributed by atoms with Gasteiger partial charge in [0, 0.05) is 16.1 Å². The van der Waals surface area contributed by atoms with Crippen molar-refractivity contribution in [3.05, 3.63) is 35.6 Å². The Morgan fingerprint density at radius 2 is 1.95 bits per heavy atom. The number of halogens is 3. The van der Waals surface area contributed by atoms with Crippen LogP contribution in [0.2, 0.25) is 0 Å². The lowest BCUT2D eigenvalue weighted by Gasteiger charge is -2.33. The first kappa shape index (κ1) is 15.5. The van der Waals surface area contributed by atoms with E-state index in [0.29, 0.717) is 6.10 Å². The Kier molecular flexibility index (Phi) is 5.44. The molecular weight excluding hydrogens is 375 g/mol. The summed E-state index contributed by atoms with van der Waals surface area (Å²) in [6.07, 6.45) is 3.56. The predicted molar refractivity (Wildman–Crippen MR) is 83.9 cm³/mol. The Labute approximate surface area is 131 Å². The molecule has 106 valence electrons. The lowest BCUT2D eigenvalue weighted by molar-refractivity contribution is 0.0402. The zero-order valence-electron chi connectivity index (χ0n) is 11.0. The largest absolute Gasteiger partial charge is 0.375 e. The second-order valence-corrected chi connectivity index (χ2v) is 6.50. The van der Waals surface area contributed by atoms with Crippen LogP contribution in [0.5, 0.6) is 0 Å². The molecule has 0 saturated carbocycles. The summed E-state index contributed by atoms with van der Waals surface area (Å²) in [5, 5.41) is 1.45. The van der Waals surface area contributed by atoms with Crippen LogP contribution in [0.25, 0.3) is 0 Å². The fourth-order valence-electron chi connectivity index (χ4n) is 2.76. The van der Waals surface area contributed by atoms with Gasteiger partial charge in [0.05, 0.1) is 12.2 Å². The minimum atomic E-state index is -0.250. The second kappa shape index (κ2) is 6.68. The summed E-state index contributed by atoms with van der Waals surface area (Å²) >= 11 is 7.15. The molecule has 2 atom stereocenters. The van der Waals surface area contributed by atoms with Crippen molar-refractivity contribution in [1.29, 1.82) is 0 Å². The Hall–Kier alpha value is 0.0700. The van der Waals surface area contributed by atoms with Gasteiger partial charge in [-0.3, -0.25) is 0 Å². The van der Waals surface area contributed by atoms with Crippen molar-refractivity contribution in [2.75, 3.05) is 10.7 Å². The van der Waals surface area contributed by atoms with E-state index in [1.54, 1.807) is 6.07 Å². The number of hydrogen-bond acceptors (Lipinski definition) is 1. The van der Waals surface area contributed by atoms with E-state index < -0.39 is 0 Å². The quantitative estimate of drug-likeness (QED) is 0.652. The second-order valence-electron chi connectivity index (χ2n) is 5.38. The van der Waals surface area contributed by atoms with Crippen LogP contribution in [-0.2, 0) is 10.2 Å². The Morgan fingerprint density at radius 3 is 2.47 bits per heavy atom. The smallest absolute Gasteiger partial charge is 0.127 e. The molecule has 19 heavy (non-hydrogen) atoms. The Morgan fingerprint density at radius 1 is 1.26 bits per heavy atom. The monoisotopic (exact) mass is 392 g/mol. The van der Waals surface area contributed by atoms with Crippen LogP contribution >= 0.6 is 31.9 Å². The lowest BCUT2D eigenvalue weighted by Crippen LogP contribution is -2.35. The molecule has 1 aliphatic heterocycles. The molecule has 2 rings (SSSR count). The minimum Gasteiger partial charge on any atom is -0.375 e. The summed E-state index contributed by atoms with van der Waals surface area (Å²) < 4.78 is 20.0. The molecule has 0 radical (unpaired) electrons. The van der Waals surface area contributed by atoms with Gasteiger partial charge in [0.25, 0.3) is 0 Å². The summed E-state index contributed by atoms with van der Waals surface area (Å²) in [4.78, 5) is 0. The molecule has 0 amide bonds. The van der Waals surface area contributed by atoms with E-state index in [9.17, 15) is 4.39 Å². The van der Waals surface area contributed by atoms with Gasteiger partial charge in [0.1, 0.15) is 5.82 Å².